The van der Waals surface area contributed by atoms with Gasteiger partial charge in [-0.1, -0.05) is 20.8 Å². The van der Waals surface area contributed by atoms with Crippen molar-refractivity contribution in [2.45, 2.75) is 52.7 Å². The molecular formula is C12H20O3. The highest BCUT2D eigenvalue weighted by atomic mass is 16.6. The van der Waals surface area contributed by atoms with Crippen LogP contribution in [0, 0.1) is 16.7 Å². The van der Waals surface area contributed by atoms with Crippen LogP contribution in [0.1, 0.15) is 40.5 Å². The lowest BCUT2D eigenvalue weighted by molar-refractivity contribution is -0.162. The van der Waals surface area contributed by atoms with Crippen molar-refractivity contribution in [3.05, 3.63) is 0 Å². The molecule has 0 spiro atoms. The average molecular weight is 212 g/mol. The van der Waals surface area contributed by atoms with Crippen LogP contribution < -0.4 is 0 Å². The van der Waals surface area contributed by atoms with E-state index in [1.165, 1.54) is 6.92 Å². The summed E-state index contributed by atoms with van der Waals surface area (Å²) < 4.78 is 5.31. The second kappa shape index (κ2) is 2.97. The summed E-state index contributed by atoms with van der Waals surface area (Å²) in [6.07, 6.45) is 1.29. The lowest BCUT2D eigenvalue weighted by atomic mass is 9.70. The number of carbonyl (C=O) groups excluding carboxylic acids is 1. The van der Waals surface area contributed by atoms with Gasteiger partial charge in [-0.15, -0.1) is 0 Å². The zero-order valence-corrected chi connectivity index (χ0v) is 9.91. The predicted molar refractivity (Wildman–Crippen MR) is 56.2 cm³/mol. The van der Waals surface area contributed by atoms with Crippen LogP contribution in [0.5, 0.6) is 0 Å². The van der Waals surface area contributed by atoms with Crippen molar-refractivity contribution in [3.63, 3.8) is 0 Å². The van der Waals surface area contributed by atoms with Gasteiger partial charge in [0.2, 0.25) is 0 Å². The SMILES string of the molecule is CC(=O)OC1C(O)C2CCC1(C)C2(C)C. The fourth-order valence-corrected chi connectivity index (χ4v) is 3.63. The van der Waals surface area contributed by atoms with E-state index in [0.717, 1.165) is 12.8 Å². The van der Waals surface area contributed by atoms with Crippen LogP contribution in [0.15, 0.2) is 0 Å². The zero-order chi connectivity index (χ0) is 11.4. The van der Waals surface area contributed by atoms with Crippen molar-refractivity contribution in [1.29, 1.82) is 0 Å². The Balaban J connectivity index is 2.32. The topological polar surface area (TPSA) is 46.5 Å². The molecule has 0 aromatic heterocycles. The Morgan fingerprint density at radius 3 is 2.40 bits per heavy atom. The fraction of sp³-hybridized carbons (Fsp3) is 0.917. The molecule has 0 aromatic rings. The molecule has 0 amide bonds. The number of carbonyl (C=O) groups is 1. The average Bonchev–Trinajstić information content (AvgIpc) is 2.39. The van der Waals surface area contributed by atoms with Crippen molar-refractivity contribution in [2.24, 2.45) is 16.7 Å². The maximum absolute atomic E-state index is 11.0. The number of rotatable bonds is 1. The van der Waals surface area contributed by atoms with Crippen molar-refractivity contribution in [2.75, 3.05) is 0 Å². The maximum atomic E-state index is 11.0. The molecule has 2 saturated carbocycles. The van der Waals surface area contributed by atoms with Crippen LogP contribution in [0.4, 0.5) is 0 Å². The summed E-state index contributed by atoms with van der Waals surface area (Å²) in [5.74, 6) is -0.0181. The van der Waals surface area contributed by atoms with Gasteiger partial charge in [0.05, 0.1) is 6.10 Å². The third-order valence-corrected chi connectivity index (χ3v) is 5.02. The van der Waals surface area contributed by atoms with Gasteiger partial charge in [-0.05, 0) is 24.2 Å². The van der Waals surface area contributed by atoms with E-state index < -0.39 is 6.10 Å². The van der Waals surface area contributed by atoms with Gasteiger partial charge in [-0.3, -0.25) is 4.79 Å². The van der Waals surface area contributed by atoms with Crippen molar-refractivity contribution < 1.29 is 14.6 Å². The van der Waals surface area contributed by atoms with Gasteiger partial charge in [0.1, 0.15) is 6.10 Å². The lowest BCUT2D eigenvalue weighted by Crippen LogP contribution is -2.42. The maximum Gasteiger partial charge on any atom is 0.303 e. The molecule has 2 rings (SSSR count). The Morgan fingerprint density at radius 2 is 2.00 bits per heavy atom. The monoisotopic (exact) mass is 212 g/mol. The first-order chi connectivity index (χ1) is 6.80. The summed E-state index contributed by atoms with van der Waals surface area (Å²) >= 11 is 0. The number of fused-ring (bicyclic) bond motifs is 2. The summed E-state index contributed by atoms with van der Waals surface area (Å²) in [4.78, 5) is 11.0. The van der Waals surface area contributed by atoms with E-state index in [2.05, 4.69) is 20.8 Å². The fourth-order valence-electron chi connectivity index (χ4n) is 3.63. The molecule has 3 heteroatoms. The Kier molecular flexibility index (Phi) is 2.16. The molecular weight excluding hydrogens is 192 g/mol. The van der Waals surface area contributed by atoms with Gasteiger partial charge >= 0.3 is 5.97 Å². The van der Waals surface area contributed by atoms with Crippen LogP contribution in [-0.2, 0) is 9.53 Å². The van der Waals surface area contributed by atoms with E-state index in [1.807, 2.05) is 0 Å². The van der Waals surface area contributed by atoms with Gasteiger partial charge in [0.15, 0.2) is 0 Å². The van der Waals surface area contributed by atoms with Crippen LogP contribution in [-0.4, -0.2) is 23.3 Å². The number of ether oxygens (including phenoxy) is 1. The zero-order valence-electron chi connectivity index (χ0n) is 9.91. The number of esters is 1. The molecule has 86 valence electrons. The first-order valence-corrected chi connectivity index (χ1v) is 5.66. The van der Waals surface area contributed by atoms with Crippen molar-refractivity contribution >= 4 is 5.97 Å². The van der Waals surface area contributed by atoms with Gasteiger partial charge in [-0.2, -0.15) is 0 Å². The largest absolute Gasteiger partial charge is 0.459 e. The van der Waals surface area contributed by atoms with E-state index in [1.54, 1.807) is 0 Å². The van der Waals surface area contributed by atoms with E-state index >= 15 is 0 Å². The highest BCUT2D eigenvalue weighted by Gasteiger charge is 2.67. The molecule has 4 unspecified atom stereocenters. The Bertz CT molecular complexity index is 297. The smallest absolute Gasteiger partial charge is 0.303 e. The van der Waals surface area contributed by atoms with E-state index in [4.69, 9.17) is 4.74 Å². The third kappa shape index (κ3) is 1.19. The Labute approximate surface area is 90.8 Å². The molecule has 0 saturated heterocycles. The molecule has 3 nitrogen and oxygen atoms in total. The number of aliphatic hydroxyl groups is 1. The summed E-state index contributed by atoms with van der Waals surface area (Å²) in [6, 6.07) is 0. The minimum Gasteiger partial charge on any atom is -0.459 e. The number of aliphatic hydroxyl groups excluding tert-OH is 1. The second-order valence-corrected chi connectivity index (χ2v) is 5.80. The van der Waals surface area contributed by atoms with Gasteiger partial charge in [-0.25, -0.2) is 0 Å². The molecule has 0 aromatic carbocycles. The second-order valence-electron chi connectivity index (χ2n) is 5.80. The minimum absolute atomic E-state index is 0.0620. The van der Waals surface area contributed by atoms with Crippen LogP contribution >= 0.6 is 0 Å². The molecule has 2 aliphatic carbocycles. The van der Waals surface area contributed by atoms with E-state index in [-0.39, 0.29) is 28.8 Å². The summed E-state index contributed by atoms with van der Waals surface area (Å²) in [5, 5.41) is 10.2. The molecule has 2 fully saturated rings. The quantitative estimate of drug-likeness (QED) is 0.673. The van der Waals surface area contributed by atoms with Gasteiger partial charge in [0, 0.05) is 12.3 Å². The Hall–Kier alpha value is -0.570. The standard InChI is InChI=1S/C12H20O3/c1-7(13)15-10-9(14)8-5-6-12(10,4)11(8,2)3/h8-10,14H,5-6H2,1-4H3. The molecule has 15 heavy (non-hydrogen) atoms. The minimum atomic E-state index is -0.484. The molecule has 1 N–H and O–H groups in total. The van der Waals surface area contributed by atoms with Crippen LogP contribution in [0.25, 0.3) is 0 Å². The van der Waals surface area contributed by atoms with Gasteiger partial charge < -0.3 is 9.84 Å². The first-order valence-electron chi connectivity index (χ1n) is 5.66. The Morgan fingerprint density at radius 1 is 1.40 bits per heavy atom. The summed E-state index contributed by atoms with van der Waals surface area (Å²) in [6.45, 7) is 7.90. The normalized spacial score (nSPS) is 46.9. The predicted octanol–water partition coefficient (Wildman–Crippen LogP) is 1.74. The molecule has 2 aliphatic rings. The number of hydrogen-bond donors (Lipinski definition) is 1. The summed E-state index contributed by atoms with van der Waals surface area (Å²) in [7, 11) is 0. The summed E-state index contributed by atoms with van der Waals surface area (Å²) in [5.41, 5.74) is -0.00468. The van der Waals surface area contributed by atoms with Crippen LogP contribution in [0.2, 0.25) is 0 Å². The molecule has 0 heterocycles. The van der Waals surface area contributed by atoms with Gasteiger partial charge in [0.25, 0.3) is 0 Å². The molecule has 2 bridgehead atoms. The van der Waals surface area contributed by atoms with E-state index in [9.17, 15) is 9.90 Å². The molecule has 4 atom stereocenters. The number of hydrogen-bond acceptors (Lipinski definition) is 3. The third-order valence-electron chi connectivity index (χ3n) is 5.02. The molecule has 0 radical (unpaired) electrons. The first kappa shape index (κ1) is 10.9. The highest BCUT2D eigenvalue weighted by Crippen LogP contribution is 2.66. The molecule has 0 aliphatic heterocycles. The van der Waals surface area contributed by atoms with E-state index in [0.29, 0.717) is 0 Å². The van der Waals surface area contributed by atoms with Crippen molar-refractivity contribution in [3.8, 4) is 0 Å². The lowest BCUT2D eigenvalue weighted by Gasteiger charge is -2.38. The highest BCUT2D eigenvalue weighted by molar-refractivity contribution is 5.66. The van der Waals surface area contributed by atoms with Crippen molar-refractivity contribution in [1.82, 2.24) is 0 Å². The van der Waals surface area contributed by atoms with Crippen LogP contribution in [0.3, 0.4) is 0 Å².